The fraction of sp³-hybridized carbons (Fsp3) is 0.333. The van der Waals surface area contributed by atoms with Gasteiger partial charge in [-0.25, -0.2) is 4.79 Å². The number of hydrogen-bond donors (Lipinski definition) is 2. The van der Waals surface area contributed by atoms with Crippen LogP contribution in [0, 0.1) is 0 Å². The highest BCUT2D eigenvalue weighted by Crippen LogP contribution is 2.21. The maximum Gasteiger partial charge on any atom is 0.339 e. The number of carbonyl (C=O) groups is 2. The number of phenols is 1. The van der Waals surface area contributed by atoms with Crippen molar-refractivity contribution >= 4 is 11.9 Å². The Kier molecular flexibility index (Phi) is 2.99. The van der Waals surface area contributed by atoms with E-state index in [9.17, 15) is 14.7 Å². The first-order chi connectivity index (χ1) is 8.08. The molecule has 0 saturated carbocycles. The summed E-state index contributed by atoms with van der Waals surface area (Å²) in [5, 5.41) is 18.2. The number of carboxylic acids is 1. The van der Waals surface area contributed by atoms with Gasteiger partial charge >= 0.3 is 5.97 Å². The minimum atomic E-state index is -1.17. The van der Waals surface area contributed by atoms with Crippen LogP contribution in [0.2, 0.25) is 0 Å². The molecule has 0 aromatic heterocycles. The number of aromatic hydroxyl groups is 1. The van der Waals surface area contributed by atoms with Crippen LogP contribution in [0.25, 0.3) is 0 Å². The van der Waals surface area contributed by atoms with Crippen LogP contribution in [-0.4, -0.2) is 33.5 Å². The second kappa shape index (κ2) is 4.45. The molecule has 0 radical (unpaired) electrons. The third kappa shape index (κ3) is 2.38. The zero-order valence-electron chi connectivity index (χ0n) is 9.22. The molecule has 17 heavy (non-hydrogen) atoms. The molecule has 1 fully saturated rings. The van der Waals surface area contributed by atoms with Crippen LogP contribution < -0.4 is 0 Å². The molecule has 5 heteroatoms. The fourth-order valence-corrected chi connectivity index (χ4v) is 1.94. The van der Waals surface area contributed by atoms with Gasteiger partial charge in [0.1, 0.15) is 11.3 Å². The van der Waals surface area contributed by atoms with E-state index in [1.807, 2.05) is 0 Å². The van der Waals surface area contributed by atoms with E-state index in [0.29, 0.717) is 19.5 Å². The Morgan fingerprint density at radius 3 is 2.76 bits per heavy atom. The van der Waals surface area contributed by atoms with Gasteiger partial charge in [0, 0.05) is 19.5 Å². The first kappa shape index (κ1) is 11.4. The lowest BCUT2D eigenvalue weighted by Gasteiger charge is -2.15. The summed E-state index contributed by atoms with van der Waals surface area (Å²) >= 11 is 0. The number of nitrogens with zero attached hydrogens (tertiary/aromatic N) is 1. The molecule has 0 unspecified atom stereocenters. The van der Waals surface area contributed by atoms with Gasteiger partial charge in [0.05, 0.1) is 0 Å². The van der Waals surface area contributed by atoms with Gasteiger partial charge in [0.25, 0.3) is 0 Å². The summed E-state index contributed by atoms with van der Waals surface area (Å²) in [5.41, 5.74) is 0.588. The van der Waals surface area contributed by atoms with Crippen LogP contribution >= 0.6 is 0 Å². The van der Waals surface area contributed by atoms with Gasteiger partial charge in [0.15, 0.2) is 0 Å². The monoisotopic (exact) mass is 235 g/mol. The summed E-state index contributed by atoms with van der Waals surface area (Å²) in [6.45, 7) is 1.11. The molecule has 1 aromatic carbocycles. The molecule has 90 valence electrons. The smallest absolute Gasteiger partial charge is 0.339 e. The van der Waals surface area contributed by atoms with Gasteiger partial charge in [-0.2, -0.15) is 0 Å². The van der Waals surface area contributed by atoms with Gasteiger partial charge < -0.3 is 15.1 Å². The summed E-state index contributed by atoms with van der Waals surface area (Å²) in [7, 11) is 0. The molecule has 1 aromatic rings. The highest BCUT2D eigenvalue weighted by Gasteiger charge is 2.20. The van der Waals surface area contributed by atoms with E-state index in [-0.39, 0.29) is 17.2 Å². The molecule has 0 spiro atoms. The Morgan fingerprint density at radius 1 is 1.41 bits per heavy atom. The van der Waals surface area contributed by atoms with Crippen molar-refractivity contribution in [2.24, 2.45) is 0 Å². The third-order valence-corrected chi connectivity index (χ3v) is 2.84. The molecule has 2 rings (SSSR count). The number of rotatable bonds is 3. The van der Waals surface area contributed by atoms with Gasteiger partial charge in [-0.05, 0) is 24.1 Å². The Morgan fingerprint density at radius 2 is 2.18 bits per heavy atom. The second-order valence-electron chi connectivity index (χ2n) is 4.08. The molecule has 5 nitrogen and oxygen atoms in total. The SMILES string of the molecule is O=C(O)c1cc(CN2CCCC2=O)ccc1O. The molecule has 1 aliphatic heterocycles. The first-order valence-electron chi connectivity index (χ1n) is 5.41. The van der Waals surface area contributed by atoms with Crippen molar-refractivity contribution in [3.63, 3.8) is 0 Å². The van der Waals surface area contributed by atoms with Gasteiger partial charge in [-0.15, -0.1) is 0 Å². The number of hydrogen-bond acceptors (Lipinski definition) is 3. The first-order valence-corrected chi connectivity index (χ1v) is 5.41. The van der Waals surface area contributed by atoms with Gasteiger partial charge in [-0.3, -0.25) is 4.79 Å². The van der Waals surface area contributed by atoms with Crippen molar-refractivity contribution in [2.45, 2.75) is 19.4 Å². The fourth-order valence-electron chi connectivity index (χ4n) is 1.94. The Labute approximate surface area is 98.3 Å². The van der Waals surface area contributed by atoms with Gasteiger partial charge in [0.2, 0.25) is 5.91 Å². The Balaban J connectivity index is 2.19. The lowest BCUT2D eigenvalue weighted by molar-refractivity contribution is -0.128. The van der Waals surface area contributed by atoms with E-state index in [1.54, 1.807) is 11.0 Å². The largest absolute Gasteiger partial charge is 0.507 e. The van der Waals surface area contributed by atoms with E-state index < -0.39 is 5.97 Å². The van der Waals surface area contributed by atoms with Gasteiger partial charge in [-0.1, -0.05) is 6.07 Å². The number of likely N-dealkylation sites (tertiary alicyclic amines) is 1. The number of amides is 1. The van der Waals surface area contributed by atoms with Crippen LogP contribution in [-0.2, 0) is 11.3 Å². The molecular weight excluding hydrogens is 222 g/mol. The standard InChI is InChI=1S/C12H13NO4/c14-10-4-3-8(6-9(10)12(16)17)7-13-5-1-2-11(13)15/h3-4,6,14H,1-2,5,7H2,(H,16,17). The molecule has 0 bridgehead atoms. The molecule has 1 saturated heterocycles. The van der Waals surface area contributed by atoms with Crippen LogP contribution in [0.15, 0.2) is 18.2 Å². The van der Waals surface area contributed by atoms with E-state index in [2.05, 4.69) is 0 Å². The van der Waals surface area contributed by atoms with Crippen molar-refractivity contribution in [1.29, 1.82) is 0 Å². The summed E-state index contributed by atoms with van der Waals surface area (Å²) in [6, 6.07) is 4.38. The predicted octanol–water partition coefficient (Wildman–Crippen LogP) is 1.21. The Bertz CT molecular complexity index is 470. The highest BCUT2D eigenvalue weighted by molar-refractivity contribution is 5.91. The number of aromatic carboxylic acids is 1. The quantitative estimate of drug-likeness (QED) is 0.825. The van der Waals surface area contributed by atoms with Crippen molar-refractivity contribution < 1.29 is 19.8 Å². The molecule has 0 atom stereocenters. The number of carbonyl (C=O) groups excluding carboxylic acids is 1. The van der Waals surface area contributed by atoms with Crippen LogP contribution in [0.5, 0.6) is 5.75 Å². The van der Waals surface area contributed by atoms with E-state index in [1.165, 1.54) is 12.1 Å². The van der Waals surface area contributed by atoms with Crippen LogP contribution in [0.1, 0.15) is 28.8 Å². The minimum absolute atomic E-state index is 0.0925. The molecule has 2 N–H and O–H groups in total. The Hall–Kier alpha value is -2.04. The average molecular weight is 235 g/mol. The summed E-state index contributed by atoms with van der Waals surface area (Å²) in [5.74, 6) is -1.33. The summed E-state index contributed by atoms with van der Waals surface area (Å²) in [6.07, 6.45) is 1.41. The molecular formula is C12H13NO4. The zero-order valence-corrected chi connectivity index (χ0v) is 9.22. The van der Waals surface area contributed by atoms with Crippen molar-refractivity contribution in [1.82, 2.24) is 4.90 Å². The van der Waals surface area contributed by atoms with E-state index >= 15 is 0 Å². The third-order valence-electron chi connectivity index (χ3n) is 2.84. The summed E-state index contributed by atoms with van der Waals surface area (Å²) in [4.78, 5) is 24.0. The van der Waals surface area contributed by atoms with Crippen molar-refractivity contribution in [3.05, 3.63) is 29.3 Å². The second-order valence-corrected chi connectivity index (χ2v) is 4.08. The number of benzene rings is 1. The van der Waals surface area contributed by atoms with Crippen LogP contribution in [0.4, 0.5) is 0 Å². The lowest BCUT2D eigenvalue weighted by Crippen LogP contribution is -2.23. The molecule has 1 aliphatic rings. The average Bonchev–Trinajstić information content (AvgIpc) is 2.67. The maximum absolute atomic E-state index is 11.4. The lowest BCUT2D eigenvalue weighted by atomic mass is 10.1. The summed E-state index contributed by atoms with van der Waals surface area (Å²) < 4.78 is 0. The minimum Gasteiger partial charge on any atom is -0.507 e. The van der Waals surface area contributed by atoms with E-state index in [0.717, 1.165) is 12.0 Å². The number of carboxylic acid groups (broad SMARTS) is 1. The molecule has 0 aliphatic carbocycles. The normalized spacial score (nSPS) is 15.3. The zero-order chi connectivity index (χ0) is 12.4. The van der Waals surface area contributed by atoms with Crippen LogP contribution in [0.3, 0.4) is 0 Å². The van der Waals surface area contributed by atoms with E-state index in [4.69, 9.17) is 5.11 Å². The van der Waals surface area contributed by atoms with Crippen molar-refractivity contribution in [2.75, 3.05) is 6.54 Å². The predicted molar refractivity (Wildman–Crippen MR) is 59.7 cm³/mol. The van der Waals surface area contributed by atoms with Crippen molar-refractivity contribution in [3.8, 4) is 5.75 Å². The maximum atomic E-state index is 11.4. The molecule has 1 amide bonds. The molecule has 1 heterocycles. The highest BCUT2D eigenvalue weighted by atomic mass is 16.4. The topological polar surface area (TPSA) is 77.8 Å².